The maximum absolute atomic E-state index is 13.6. The summed E-state index contributed by atoms with van der Waals surface area (Å²) in [6.07, 6.45) is 4.86. The molecule has 0 radical (unpaired) electrons. The van der Waals surface area contributed by atoms with Crippen LogP contribution in [0.3, 0.4) is 0 Å². The quantitative estimate of drug-likeness (QED) is 0.784. The molecule has 0 spiro atoms. The van der Waals surface area contributed by atoms with Crippen LogP contribution in [-0.4, -0.2) is 18.4 Å². The molecule has 0 unspecified atom stereocenters. The van der Waals surface area contributed by atoms with Crippen molar-refractivity contribution in [2.45, 2.75) is 38.6 Å². The fourth-order valence-corrected chi connectivity index (χ4v) is 3.52. The highest BCUT2D eigenvalue weighted by Crippen LogP contribution is 2.29. The third-order valence-electron chi connectivity index (χ3n) is 5.14. The van der Waals surface area contributed by atoms with Crippen LogP contribution in [0.5, 0.6) is 0 Å². The van der Waals surface area contributed by atoms with E-state index in [2.05, 4.69) is 10.6 Å². The molecule has 144 valence electrons. The predicted octanol–water partition coefficient (Wildman–Crippen LogP) is 3.20. The molecule has 0 bridgehead atoms. The van der Waals surface area contributed by atoms with E-state index in [1.165, 1.54) is 6.07 Å². The van der Waals surface area contributed by atoms with Crippen LogP contribution < -0.4 is 10.6 Å². The highest BCUT2D eigenvalue weighted by Gasteiger charge is 2.29. The van der Waals surface area contributed by atoms with Crippen molar-refractivity contribution < 1.29 is 18.4 Å². The van der Waals surface area contributed by atoms with E-state index in [4.69, 9.17) is 4.42 Å². The predicted molar refractivity (Wildman–Crippen MR) is 99.1 cm³/mol. The van der Waals surface area contributed by atoms with Gasteiger partial charge in [0.05, 0.1) is 12.8 Å². The molecule has 2 N–H and O–H groups in total. The zero-order chi connectivity index (χ0) is 19.1. The summed E-state index contributed by atoms with van der Waals surface area (Å²) in [5, 5.41) is 5.79. The molecule has 1 saturated carbocycles. The summed E-state index contributed by atoms with van der Waals surface area (Å²) in [5.41, 5.74) is 0.606. The van der Waals surface area contributed by atoms with E-state index in [-0.39, 0.29) is 29.5 Å². The second kappa shape index (κ2) is 9.35. The Hall–Kier alpha value is -2.63. The number of furan rings is 1. The number of hydrogen-bond donors (Lipinski definition) is 2. The summed E-state index contributed by atoms with van der Waals surface area (Å²) in [6, 6.07) is 10.2. The van der Waals surface area contributed by atoms with Gasteiger partial charge in [-0.25, -0.2) is 4.39 Å². The Labute approximate surface area is 158 Å². The van der Waals surface area contributed by atoms with Gasteiger partial charge in [0.2, 0.25) is 11.8 Å². The van der Waals surface area contributed by atoms with Crippen LogP contribution in [0.1, 0.15) is 37.0 Å². The average molecular weight is 372 g/mol. The van der Waals surface area contributed by atoms with E-state index >= 15 is 0 Å². The molecule has 2 aromatic rings. The van der Waals surface area contributed by atoms with E-state index in [1.54, 1.807) is 30.5 Å². The number of benzene rings is 1. The Morgan fingerprint density at radius 1 is 0.963 bits per heavy atom. The third kappa shape index (κ3) is 5.42. The first-order valence-corrected chi connectivity index (χ1v) is 9.44. The Morgan fingerprint density at radius 3 is 2.26 bits per heavy atom. The van der Waals surface area contributed by atoms with Crippen molar-refractivity contribution in [3.8, 4) is 0 Å². The molecule has 0 saturated heterocycles. The molecule has 1 aliphatic rings. The molecule has 1 aliphatic carbocycles. The van der Waals surface area contributed by atoms with Gasteiger partial charge in [-0.3, -0.25) is 9.59 Å². The number of carbonyl (C=O) groups is 2. The molecule has 6 heteroatoms. The minimum absolute atomic E-state index is 0.000725. The maximum atomic E-state index is 13.6. The van der Waals surface area contributed by atoms with Gasteiger partial charge in [-0.1, -0.05) is 18.2 Å². The Morgan fingerprint density at radius 2 is 1.63 bits per heavy atom. The topological polar surface area (TPSA) is 71.3 Å². The van der Waals surface area contributed by atoms with E-state index in [9.17, 15) is 14.0 Å². The molecule has 1 heterocycles. The highest BCUT2D eigenvalue weighted by molar-refractivity contribution is 5.81. The van der Waals surface area contributed by atoms with Crippen molar-refractivity contribution in [3.05, 3.63) is 59.8 Å². The lowest BCUT2D eigenvalue weighted by atomic mass is 9.81. The molecule has 1 aromatic carbocycles. The zero-order valence-corrected chi connectivity index (χ0v) is 15.2. The van der Waals surface area contributed by atoms with E-state index in [0.29, 0.717) is 50.8 Å². The summed E-state index contributed by atoms with van der Waals surface area (Å²) in [6.45, 7) is 0.811. The first-order chi connectivity index (χ1) is 13.1. The molecule has 0 atom stereocenters. The van der Waals surface area contributed by atoms with Gasteiger partial charge >= 0.3 is 0 Å². The second-order valence-electron chi connectivity index (χ2n) is 6.98. The SMILES string of the molecule is O=C(NCCc1ccccc1F)C1CCC(C(=O)NCc2ccco2)CC1. The van der Waals surface area contributed by atoms with Crippen molar-refractivity contribution in [1.82, 2.24) is 10.6 Å². The standard InChI is InChI=1S/C21H25FN2O3/c22-19-6-2-1-4-15(19)11-12-23-20(25)16-7-9-17(10-8-16)21(26)24-14-18-5-3-13-27-18/h1-6,13,16-17H,7-12,14H2,(H,23,25)(H,24,26). The van der Waals surface area contributed by atoms with Gasteiger partial charge in [-0.05, 0) is 55.9 Å². The number of halogens is 1. The summed E-state index contributed by atoms with van der Waals surface area (Å²) < 4.78 is 18.8. The van der Waals surface area contributed by atoms with Crippen LogP contribution in [0, 0.1) is 17.7 Å². The van der Waals surface area contributed by atoms with Gasteiger partial charge in [-0.15, -0.1) is 0 Å². The minimum Gasteiger partial charge on any atom is -0.467 e. The van der Waals surface area contributed by atoms with Gasteiger partial charge < -0.3 is 15.1 Å². The molecule has 1 aromatic heterocycles. The summed E-state index contributed by atoms with van der Waals surface area (Å²) >= 11 is 0. The van der Waals surface area contributed by atoms with E-state index in [0.717, 1.165) is 5.76 Å². The maximum Gasteiger partial charge on any atom is 0.223 e. The second-order valence-corrected chi connectivity index (χ2v) is 6.98. The van der Waals surface area contributed by atoms with E-state index < -0.39 is 0 Å². The van der Waals surface area contributed by atoms with Crippen molar-refractivity contribution in [3.63, 3.8) is 0 Å². The largest absolute Gasteiger partial charge is 0.467 e. The number of amides is 2. The molecule has 27 heavy (non-hydrogen) atoms. The van der Waals surface area contributed by atoms with Crippen LogP contribution in [0.4, 0.5) is 4.39 Å². The molecule has 5 nitrogen and oxygen atoms in total. The van der Waals surface area contributed by atoms with Gasteiger partial charge in [0, 0.05) is 18.4 Å². The summed E-state index contributed by atoms with van der Waals surface area (Å²) in [4.78, 5) is 24.6. The average Bonchev–Trinajstić information content (AvgIpc) is 3.21. The lowest BCUT2D eigenvalue weighted by molar-refractivity contribution is -0.130. The molecular weight excluding hydrogens is 347 g/mol. The molecule has 0 aliphatic heterocycles. The number of carbonyl (C=O) groups excluding carboxylic acids is 2. The monoisotopic (exact) mass is 372 g/mol. The highest BCUT2D eigenvalue weighted by atomic mass is 19.1. The summed E-state index contributed by atoms with van der Waals surface area (Å²) in [5.74, 6) is 0.381. The number of hydrogen-bond acceptors (Lipinski definition) is 3. The van der Waals surface area contributed by atoms with Gasteiger partial charge in [0.15, 0.2) is 0 Å². The fraction of sp³-hybridized carbons (Fsp3) is 0.429. The molecule has 3 rings (SSSR count). The molecule has 2 amide bonds. The normalized spacial score (nSPS) is 19.4. The number of rotatable bonds is 7. The van der Waals surface area contributed by atoms with Crippen LogP contribution in [0.15, 0.2) is 47.1 Å². The zero-order valence-electron chi connectivity index (χ0n) is 15.2. The van der Waals surface area contributed by atoms with Crippen LogP contribution in [0.25, 0.3) is 0 Å². The minimum atomic E-state index is -0.243. The first-order valence-electron chi connectivity index (χ1n) is 9.44. The Bertz CT molecular complexity index is 753. The Balaban J connectivity index is 1.36. The Kier molecular flexibility index (Phi) is 6.63. The van der Waals surface area contributed by atoms with Crippen molar-refractivity contribution in [2.24, 2.45) is 11.8 Å². The fourth-order valence-electron chi connectivity index (χ4n) is 3.52. The van der Waals surface area contributed by atoms with Crippen molar-refractivity contribution in [2.75, 3.05) is 6.54 Å². The lowest BCUT2D eigenvalue weighted by Crippen LogP contribution is -2.37. The van der Waals surface area contributed by atoms with Crippen molar-refractivity contribution in [1.29, 1.82) is 0 Å². The van der Waals surface area contributed by atoms with Crippen molar-refractivity contribution >= 4 is 11.8 Å². The van der Waals surface area contributed by atoms with E-state index in [1.807, 2.05) is 6.07 Å². The van der Waals surface area contributed by atoms with Gasteiger partial charge in [0.25, 0.3) is 0 Å². The first kappa shape index (κ1) is 19.1. The number of nitrogens with one attached hydrogen (secondary N) is 2. The van der Waals surface area contributed by atoms with Gasteiger partial charge in [-0.2, -0.15) is 0 Å². The van der Waals surface area contributed by atoms with Crippen LogP contribution >= 0.6 is 0 Å². The third-order valence-corrected chi connectivity index (χ3v) is 5.14. The smallest absolute Gasteiger partial charge is 0.223 e. The van der Waals surface area contributed by atoms with Crippen LogP contribution in [0.2, 0.25) is 0 Å². The summed E-state index contributed by atoms with van der Waals surface area (Å²) in [7, 11) is 0. The van der Waals surface area contributed by atoms with Crippen LogP contribution in [-0.2, 0) is 22.6 Å². The molecule has 1 fully saturated rings. The lowest BCUT2D eigenvalue weighted by Gasteiger charge is -2.27. The molecular formula is C21H25FN2O3. The van der Waals surface area contributed by atoms with Gasteiger partial charge in [0.1, 0.15) is 11.6 Å².